The highest BCUT2D eigenvalue weighted by molar-refractivity contribution is 6.11. The van der Waals surface area contributed by atoms with Crippen LogP contribution in [0.3, 0.4) is 0 Å². The highest BCUT2D eigenvalue weighted by Crippen LogP contribution is 2.58. The fourth-order valence-electron chi connectivity index (χ4n) is 9.43. The number of ketones is 1. The molecule has 0 bridgehead atoms. The fraction of sp³-hybridized carbons (Fsp3) is 0.100. The molecule has 7 aromatic rings. The Morgan fingerprint density at radius 1 is 0.510 bits per heavy atom. The Hall–Kier alpha value is -6.05. The standard InChI is InChI=1S/C50H38O/c1-4-33(2)49(36-18-8-5-9-19-36)44-26-16-14-24-40(44)42-29-28-35(32-46(42)49)48(51)39-30-31-43-41-25-15-17-27-45(41)50(47(43)34(39)3,37-20-10-6-11-21-37)38-22-12-7-13-23-38/h4-32H,1-3H3. The Labute approximate surface area is 300 Å². The molecule has 2 aliphatic carbocycles. The molecule has 0 saturated heterocycles. The lowest BCUT2D eigenvalue weighted by Gasteiger charge is -2.35. The van der Waals surface area contributed by atoms with Gasteiger partial charge in [0.25, 0.3) is 0 Å². The highest BCUT2D eigenvalue weighted by atomic mass is 16.1. The van der Waals surface area contributed by atoms with E-state index in [0.29, 0.717) is 5.56 Å². The van der Waals surface area contributed by atoms with Crippen molar-refractivity contribution < 1.29 is 4.79 Å². The lowest BCUT2D eigenvalue weighted by molar-refractivity contribution is 0.103. The summed E-state index contributed by atoms with van der Waals surface area (Å²) in [7, 11) is 0. The number of benzene rings is 7. The molecule has 0 aromatic heterocycles. The molecule has 7 aromatic carbocycles. The van der Waals surface area contributed by atoms with E-state index >= 15 is 4.79 Å². The predicted molar refractivity (Wildman–Crippen MR) is 210 cm³/mol. The van der Waals surface area contributed by atoms with Crippen molar-refractivity contribution in [1.82, 2.24) is 0 Å². The molecule has 0 fully saturated rings. The summed E-state index contributed by atoms with van der Waals surface area (Å²) in [5, 5.41) is 0. The summed E-state index contributed by atoms with van der Waals surface area (Å²) in [6.45, 7) is 6.50. The molecular formula is C50H38O. The van der Waals surface area contributed by atoms with Crippen LogP contribution in [0.5, 0.6) is 0 Å². The van der Waals surface area contributed by atoms with E-state index in [9.17, 15) is 0 Å². The summed E-state index contributed by atoms with van der Waals surface area (Å²) in [4.78, 5) is 15.1. The SMILES string of the molecule is CC=C(C)C1(c2ccccc2)c2ccccc2-c2ccc(C(=O)c3ccc4c(c3C)C(c3ccccc3)(c3ccccc3)c3ccccc3-4)cc21. The van der Waals surface area contributed by atoms with Crippen LogP contribution in [0.4, 0.5) is 0 Å². The van der Waals surface area contributed by atoms with E-state index in [0.717, 1.165) is 16.7 Å². The van der Waals surface area contributed by atoms with E-state index in [4.69, 9.17) is 0 Å². The Balaban J connectivity index is 1.28. The average molecular weight is 655 g/mol. The Kier molecular flexibility index (Phi) is 7.15. The number of allylic oxidation sites excluding steroid dienone is 2. The van der Waals surface area contributed by atoms with Crippen LogP contribution < -0.4 is 0 Å². The minimum atomic E-state index is -0.570. The zero-order chi connectivity index (χ0) is 34.7. The van der Waals surface area contributed by atoms with Crippen LogP contribution in [0.25, 0.3) is 22.3 Å². The third-order valence-electron chi connectivity index (χ3n) is 11.7. The van der Waals surface area contributed by atoms with Crippen molar-refractivity contribution in [3.63, 3.8) is 0 Å². The fourth-order valence-corrected chi connectivity index (χ4v) is 9.43. The third kappa shape index (κ3) is 4.18. The van der Waals surface area contributed by atoms with Gasteiger partial charge in [-0.15, -0.1) is 0 Å². The zero-order valence-corrected chi connectivity index (χ0v) is 29.2. The molecule has 0 amide bonds. The number of carbonyl (C=O) groups excluding carboxylic acids is 1. The van der Waals surface area contributed by atoms with Crippen molar-refractivity contribution in [3.8, 4) is 22.3 Å². The number of rotatable bonds is 6. The summed E-state index contributed by atoms with van der Waals surface area (Å²) >= 11 is 0. The van der Waals surface area contributed by atoms with Crippen molar-refractivity contribution in [2.75, 3.05) is 0 Å². The smallest absolute Gasteiger partial charge is 0.193 e. The van der Waals surface area contributed by atoms with Gasteiger partial charge in [-0.25, -0.2) is 0 Å². The van der Waals surface area contributed by atoms with Crippen LogP contribution in [-0.2, 0) is 10.8 Å². The third-order valence-corrected chi connectivity index (χ3v) is 11.7. The monoisotopic (exact) mass is 654 g/mol. The minimum Gasteiger partial charge on any atom is -0.289 e. The number of fused-ring (bicyclic) bond motifs is 6. The van der Waals surface area contributed by atoms with Crippen LogP contribution >= 0.6 is 0 Å². The molecule has 0 saturated carbocycles. The van der Waals surface area contributed by atoms with Crippen LogP contribution in [0, 0.1) is 6.92 Å². The van der Waals surface area contributed by atoms with Gasteiger partial charge in [-0.3, -0.25) is 4.79 Å². The molecule has 244 valence electrons. The molecule has 9 rings (SSSR count). The molecular weight excluding hydrogens is 617 g/mol. The predicted octanol–water partition coefficient (Wildman–Crippen LogP) is 11.9. The summed E-state index contributed by atoms with van der Waals surface area (Å²) in [6, 6.07) is 60.5. The topological polar surface area (TPSA) is 17.1 Å². The van der Waals surface area contributed by atoms with Gasteiger partial charge in [-0.05, 0) is 93.6 Å². The first-order valence-electron chi connectivity index (χ1n) is 17.9. The van der Waals surface area contributed by atoms with Crippen LogP contribution in [0.1, 0.15) is 74.3 Å². The van der Waals surface area contributed by atoms with E-state index in [2.05, 4.69) is 191 Å². The second-order valence-corrected chi connectivity index (χ2v) is 13.9. The molecule has 0 radical (unpaired) electrons. The first-order valence-corrected chi connectivity index (χ1v) is 17.9. The highest BCUT2D eigenvalue weighted by Gasteiger charge is 2.48. The maximum absolute atomic E-state index is 15.1. The molecule has 0 aliphatic heterocycles. The van der Waals surface area contributed by atoms with Gasteiger partial charge in [0.05, 0.1) is 10.8 Å². The van der Waals surface area contributed by atoms with Gasteiger partial charge >= 0.3 is 0 Å². The number of hydrogen-bond donors (Lipinski definition) is 0. The Morgan fingerprint density at radius 3 is 1.61 bits per heavy atom. The van der Waals surface area contributed by atoms with Gasteiger partial charge in [0.2, 0.25) is 0 Å². The summed E-state index contributed by atoms with van der Waals surface area (Å²) in [6.07, 6.45) is 2.22. The quantitative estimate of drug-likeness (QED) is 0.129. The van der Waals surface area contributed by atoms with Gasteiger partial charge < -0.3 is 0 Å². The van der Waals surface area contributed by atoms with E-state index in [1.54, 1.807) is 0 Å². The minimum absolute atomic E-state index is 0.0418. The average Bonchev–Trinajstić information content (AvgIpc) is 3.67. The van der Waals surface area contributed by atoms with E-state index < -0.39 is 10.8 Å². The van der Waals surface area contributed by atoms with Crippen molar-refractivity contribution in [3.05, 3.63) is 237 Å². The van der Waals surface area contributed by atoms with Crippen molar-refractivity contribution in [2.24, 2.45) is 0 Å². The number of carbonyl (C=O) groups is 1. The van der Waals surface area contributed by atoms with Crippen molar-refractivity contribution >= 4 is 5.78 Å². The lowest BCUT2D eigenvalue weighted by atomic mass is 9.66. The first kappa shape index (κ1) is 31.0. The molecule has 0 spiro atoms. The van der Waals surface area contributed by atoms with Crippen molar-refractivity contribution in [1.29, 1.82) is 0 Å². The Morgan fingerprint density at radius 2 is 1.00 bits per heavy atom. The molecule has 0 N–H and O–H groups in total. The van der Waals surface area contributed by atoms with Crippen LogP contribution in [0.2, 0.25) is 0 Å². The van der Waals surface area contributed by atoms with Gasteiger partial charge in [0, 0.05) is 11.1 Å². The van der Waals surface area contributed by atoms with E-state index in [1.807, 2.05) is 6.07 Å². The zero-order valence-electron chi connectivity index (χ0n) is 29.2. The maximum atomic E-state index is 15.1. The normalized spacial score (nSPS) is 16.6. The maximum Gasteiger partial charge on any atom is 0.193 e. The molecule has 2 aliphatic rings. The molecule has 1 atom stereocenters. The van der Waals surface area contributed by atoms with Gasteiger partial charge in [-0.1, -0.05) is 175 Å². The van der Waals surface area contributed by atoms with Gasteiger partial charge in [0.15, 0.2) is 5.78 Å². The molecule has 51 heavy (non-hydrogen) atoms. The molecule has 1 heteroatoms. The van der Waals surface area contributed by atoms with Gasteiger partial charge in [-0.2, -0.15) is 0 Å². The van der Waals surface area contributed by atoms with Crippen LogP contribution in [-0.4, -0.2) is 5.78 Å². The first-order chi connectivity index (χ1) is 25.0. The second kappa shape index (κ2) is 11.8. The summed E-state index contributed by atoms with van der Waals surface area (Å²) in [5.74, 6) is 0.0418. The van der Waals surface area contributed by atoms with E-state index in [1.165, 1.54) is 61.2 Å². The summed E-state index contributed by atoms with van der Waals surface area (Å²) in [5.41, 5.74) is 15.9. The van der Waals surface area contributed by atoms with Gasteiger partial charge in [0.1, 0.15) is 0 Å². The lowest BCUT2D eigenvalue weighted by Crippen LogP contribution is -2.30. The van der Waals surface area contributed by atoms with E-state index in [-0.39, 0.29) is 5.78 Å². The van der Waals surface area contributed by atoms with Crippen molar-refractivity contribution in [2.45, 2.75) is 31.6 Å². The number of hydrogen-bond acceptors (Lipinski definition) is 1. The molecule has 0 heterocycles. The Bertz CT molecular complexity index is 2470. The molecule has 1 nitrogen and oxygen atoms in total. The largest absolute Gasteiger partial charge is 0.289 e. The summed E-state index contributed by atoms with van der Waals surface area (Å²) < 4.78 is 0. The molecule has 1 unspecified atom stereocenters. The van der Waals surface area contributed by atoms with Crippen LogP contribution in [0.15, 0.2) is 182 Å². The second-order valence-electron chi connectivity index (χ2n) is 13.9.